The van der Waals surface area contributed by atoms with Crippen LogP contribution in [0.1, 0.15) is 37.9 Å². The fourth-order valence-corrected chi connectivity index (χ4v) is 5.36. The lowest BCUT2D eigenvalue weighted by atomic mass is 10.1. The molecule has 0 spiro atoms. The van der Waals surface area contributed by atoms with E-state index in [1.54, 1.807) is 12.1 Å². The maximum Gasteiger partial charge on any atom is 0.354 e. The second kappa shape index (κ2) is 20.5. The van der Waals surface area contributed by atoms with Crippen molar-refractivity contribution in [2.45, 2.75) is 30.5 Å². The molecule has 13 heteroatoms. The summed E-state index contributed by atoms with van der Waals surface area (Å²) in [6.07, 6.45) is 1.16. The smallest absolute Gasteiger partial charge is 0.354 e. The van der Waals surface area contributed by atoms with Gasteiger partial charge in [0.15, 0.2) is 6.29 Å². The van der Waals surface area contributed by atoms with Crippen LogP contribution in [0.3, 0.4) is 0 Å². The number of carbonyl (C=O) groups is 2. The van der Waals surface area contributed by atoms with Gasteiger partial charge in [-0.15, -0.1) is 0 Å². The van der Waals surface area contributed by atoms with Crippen LogP contribution in [0, 0.1) is 10.7 Å². The number of carboxylic acids is 1. The van der Waals surface area contributed by atoms with E-state index in [9.17, 15) is 14.7 Å². The van der Waals surface area contributed by atoms with Gasteiger partial charge in [-0.2, -0.15) is 5.26 Å². The Labute approximate surface area is 279 Å². The highest BCUT2D eigenvalue weighted by molar-refractivity contribution is 8.03. The van der Waals surface area contributed by atoms with Crippen molar-refractivity contribution in [3.8, 4) is 5.40 Å². The quantitative estimate of drug-likeness (QED) is 0.202. The van der Waals surface area contributed by atoms with E-state index in [-0.39, 0.29) is 11.8 Å². The van der Waals surface area contributed by atoms with Gasteiger partial charge < -0.3 is 24.1 Å². The van der Waals surface area contributed by atoms with Crippen molar-refractivity contribution < 1.29 is 33.6 Å². The van der Waals surface area contributed by atoms with Gasteiger partial charge in [-0.05, 0) is 53.7 Å². The minimum absolute atomic E-state index is 0.0112. The zero-order valence-electron chi connectivity index (χ0n) is 26.4. The van der Waals surface area contributed by atoms with Crippen molar-refractivity contribution in [2.24, 2.45) is 0 Å². The summed E-state index contributed by atoms with van der Waals surface area (Å²) in [7, 11) is 0. The Morgan fingerprint density at radius 3 is 2.11 bits per heavy atom. The summed E-state index contributed by atoms with van der Waals surface area (Å²) in [6.45, 7) is 6.58. The van der Waals surface area contributed by atoms with Gasteiger partial charge in [0.2, 0.25) is 0 Å². The third-order valence-corrected chi connectivity index (χ3v) is 7.99. The van der Waals surface area contributed by atoms with E-state index in [0.717, 1.165) is 34.2 Å². The molecule has 1 aliphatic heterocycles. The molecule has 1 aromatic carbocycles. The Morgan fingerprint density at radius 2 is 1.47 bits per heavy atom. The van der Waals surface area contributed by atoms with E-state index >= 15 is 0 Å². The van der Waals surface area contributed by atoms with E-state index in [1.807, 2.05) is 42.5 Å². The van der Waals surface area contributed by atoms with E-state index in [0.29, 0.717) is 103 Å². The van der Waals surface area contributed by atoms with Gasteiger partial charge in [0.05, 0.1) is 63.7 Å². The maximum absolute atomic E-state index is 11.4. The van der Waals surface area contributed by atoms with Crippen LogP contribution in [0.4, 0.5) is 0 Å². The molecular formula is C34H41N5O7S. The Hall–Kier alpha value is -3.74. The molecule has 250 valence electrons. The van der Waals surface area contributed by atoms with Crippen molar-refractivity contribution in [3.05, 3.63) is 89.0 Å². The first-order chi connectivity index (χ1) is 23.0. The predicted octanol–water partition coefficient (Wildman–Crippen LogP) is 3.56. The molecule has 1 atom stereocenters. The Bertz CT molecular complexity index is 1440. The summed E-state index contributed by atoms with van der Waals surface area (Å²) in [5, 5.41) is 20.4. The molecule has 3 heterocycles. The van der Waals surface area contributed by atoms with Gasteiger partial charge in [-0.25, -0.2) is 14.8 Å². The number of aldehydes is 1. The number of ether oxygens (including phenoxy) is 4. The standard InChI is InChI=1S/C34H41N5O7S/c35-26-47-32-9-7-27(8-10-32)21-31-25-45-17-13-38(23-29-4-2-6-33(37-29)34(41)42)11-15-43-19-20-44-16-12-39(14-18-46-31)22-28-3-1-5-30(24-40)36-28/h1-10,24,31H,11-23,25H2,(H,41,42). The second-order valence-electron chi connectivity index (χ2n) is 10.9. The van der Waals surface area contributed by atoms with Gasteiger partial charge in [0.25, 0.3) is 0 Å². The molecule has 2 aromatic heterocycles. The molecule has 0 bridgehead atoms. The molecule has 12 nitrogen and oxygen atoms in total. The number of aromatic carboxylic acids is 1. The molecule has 47 heavy (non-hydrogen) atoms. The van der Waals surface area contributed by atoms with Gasteiger partial charge in [0.1, 0.15) is 16.8 Å². The first-order valence-corrected chi connectivity index (χ1v) is 16.4. The molecule has 1 fully saturated rings. The molecule has 0 amide bonds. The minimum atomic E-state index is -1.06. The number of nitriles is 1. The number of hydrogen-bond donors (Lipinski definition) is 1. The number of hydrogen-bond acceptors (Lipinski definition) is 12. The number of aromatic nitrogens is 2. The highest BCUT2D eigenvalue weighted by Gasteiger charge is 2.16. The normalized spacial score (nSPS) is 18.4. The molecule has 1 unspecified atom stereocenters. The Morgan fingerprint density at radius 1 is 0.851 bits per heavy atom. The molecule has 1 aliphatic rings. The number of carboxylic acid groups (broad SMARTS) is 1. The lowest BCUT2D eigenvalue weighted by Gasteiger charge is -2.25. The van der Waals surface area contributed by atoms with Crippen molar-refractivity contribution in [3.63, 3.8) is 0 Å². The largest absolute Gasteiger partial charge is 0.477 e. The first-order valence-electron chi connectivity index (χ1n) is 15.6. The molecule has 0 aliphatic carbocycles. The maximum atomic E-state index is 11.4. The van der Waals surface area contributed by atoms with Crippen LogP contribution in [0.2, 0.25) is 0 Å². The summed E-state index contributed by atoms with van der Waals surface area (Å²) in [5.74, 6) is -1.06. The number of carbonyl (C=O) groups excluding carboxylic acids is 1. The average Bonchev–Trinajstić information content (AvgIpc) is 3.08. The topological polar surface area (TPSA) is 147 Å². The summed E-state index contributed by atoms with van der Waals surface area (Å²) < 4.78 is 24.3. The summed E-state index contributed by atoms with van der Waals surface area (Å²) >= 11 is 1.12. The SMILES string of the molecule is N#CSc1ccc(CC2COCCN(Cc3cccc(C(=O)O)n3)CCOCCOCCN(Cc3cccc(C=O)n3)CCO2)cc1. The fraction of sp³-hybridized carbons (Fsp3) is 0.441. The van der Waals surface area contributed by atoms with Gasteiger partial charge in [-0.3, -0.25) is 14.6 Å². The third kappa shape index (κ3) is 13.5. The molecule has 4 rings (SSSR count). The summed E-state index contributed by atoms with van der Waals surface area (Å²) in [4.78, 5) is 36.6. The third-order valence-electron chi connectivity index (χ3n) is 7.39. The molecule has 1 saturated heterocycles. The van der Waals surface area contributed by atoms with Crippen LogP contribution in [-0.4, -0.2) is 116 Å². The first kappa shape index (κ1) is 36.1. The lowest BCUT2D eigenvalue weighted by Crippen LogP contribution is -2.35. The lowest BCUT2D eigenvalue weighted by molar-refractivity contribution is -0.0328. The highest BCUT2D eigenvalue weighted by Crippen LogP contribution is 2.18. The van der Waals surface area contributed by atoms with Crippen molar-refractivity contribution in [1.82, 2.24) is 19.8 Å². The summed E-state index contributed by atoms with van der Waals surface area (Å²) in [6, 6.07) is 18.3. The van der Waals surface area contributed by atoms with Crippen molar-refractivity contribution >= 4 is 24.0 Å². The monoisotopic (exact) mass is 663 g/mol. The van der Waals surface area contributed by atoms with E-state index in [4.69, 9.17) is 24.2 Å². The van der Waals surface area contributed by atoms with Crippen LogP contribution < -0.4 is 0 Å². The van der Waals surface area contributed by atoms with Crippen molar-refractivity contribution in [1.29, 1.82) is 5.26 Å². The minimum Gasteiger partial charge on any atom is -0.477 e. The van der Waals surface area contributed by atoms with Crippen LogP contribution >= 0.6 is 11.8 Å². The number of rotatable bonds is 9. The van der Waals surface area contributed by atoms with Crippen molar-refractivity contribution in [2.75, 3.05) is 72.4 Å². The second-order valence-corrected chi connectivity index (χ2v) is 11.7. The Balaban J connectivity index is 1.42. The van der Waals surface area contributed by atoms with Crippen LogP contribution in [0.15, 0.2) is 65.6 Å². The van der Waals surface area contributed by atoms with Crippen LogP contribution in [0.25, 0.3) is 0 Å². The zero-order chi connectivity index (χ0) is 33.1. The van der Waals surface area contributed by atoms with Crippen LogP contribution in [0.5, 0.6) is 0 Å². The fourth-order valence-electron chi connectivity index (χ4n) is 4.98. The van der Waals surface area contributed by atoms with E-state index in [2.05, 4.69) is 25.2 Å². The van der Waals surface area contributed by atoms with Gasteiger partial charge in [0, 0.05) is 50.6 Å². The predicted molar refractivity (Wildman–Crippen MR) is 175 cm³/mol. The number of thioether (sulfide) groups is 1. The van der Waals surface area contributed by atoms with E-state index in [1.165, 1.54) is 6.07 Å². The zero-order valence-corrected chi connectivity index (χ0v) is 27.2. The number of nitrogens with zero attached hydrogens (tertiary/aromatic N) is 5. The number of pyridine rings is 2. The van der Waals surface area contributed by atoms with E-state index < -0.39 is 5.97 Å². The van der Waals surface area contributed by atoms with Gasteiger partial charge in [-0.1, -0.05) is 24.3 Å². The molecule has 1 N–H and O–H groups in total. The molecule has 3 aromatic rings. The van der Waals surface area contributed by atoms with Crippen LogP contribution in [-0.2, 0) is 38.5 Å². The number of benzene rings is 1. The summed E-state index contributed by atoms with van der Waals surface area (Å²) in [5.41, 5.74) is 2.94. The Kier molecular flexibility index (Phi) is 15.7. The number of thiocyanates is 1. The van der Waals surface area contributed by atoms with Gasteiger partial charge >= 0.3 is 5.97 Å². The molecular weight excluding hydrogens is 622 g/mol. The highest BCUT2D eigenvalue weighted by atomic mass is 32.2. The molecule has 0 radical (unpaired) electrons. The molecule has 0 saturated carbocycles. The average molecular weight is 664 g/mol.